The Morgan fingerprint density at radius 2 is 1.55 bits per heavy atom. The monoisotopic (exact) mass is 603 g/mol. The van der Waals surface area contributed by atoms with E-state index in [1.807, 2.05) is 44.2 Å². The van der Waals surface area contributed by atoms with Crippen LogP contribution in [0.25, 0.3) is 0 Å². The maximum Gasteiger partial charge on any atom is 0.244 e. The number of carbonyl (C=O) groups excluding carboxylic acids is 2. The number of sulfonamides is 1. The Morgan fingerprint density at radius 1 is 0.925 bits per heavy atom. The summed E-state index contributed by atoms with van der Waals surface area (Å²) in [5, 5.41) is 4.00. The zero-order valence-electron chi connectivity index (χ0n) is 23.1. The van der Waals surface area contributed by atoms with Crippen LogP contribution >= 0.6 is 23.2 Å². The van der Waals surface area contributed by atoms with Gasteiger partial charge in [-0.1, -0.05) is 72.6 Å². The molecule has 0 radical (unpaired) electrons. The second kappa shape index (κ2) is 14.0. The minimum atomic E-state index is -3.86. The van der Waals surface area contributed by atoms with Crippen LogP contribution in [0.2, 0.25) is 10.0 Å². The Hall–Kier alpha value is -3.07. The molecule has 1 N–H and O–H groups in total. The SMILES string of the molecule is CC[C@@H](C)NC(=O)[C@@H](Cc1ccccc1)N(Cc1ccc(Cl)cc1)C(=O)CN(c1ccc(Cl)cc1C)S(C)(=O)=O. The Labute approximate surface area is 247 Å². The first-order valence-corrected chi connectivity index (χ1v) is 15.6. The fourth-order valence-corrected chi connectivity index (χ4v) is 5.53. The van der Waals surface area contributed by atoms with Gasteiger partial charge in [0.15, 0.2) is 0 Å². The largest absolute Gasteiger partial charge is 0.352 e. The Balaban J connectivity index is 2.07. The third-order valence-electron chi connectivity index (χ3n) is 6.65. The lowest BCUT2D eigenvalue weighted by Crippen LogP contribution is -2.54. The van der Waals surface area contributed by atoms with Crippen molar-refractivity contribution in [2.45, 2.75) is 52.2 Å². The van der Waals surface area contributed by atoms with E-state index in [2.05, 4.69) is 5.32 Å². The number of rotatable bonds is 12. The van der Waals surface area contributed by atoms with E-state index < -0.39 is 28.5 Å². The molecule has 214 valence electrons. The first-order chi connectivity index (χ1) is 18.9. The summed E-state index contributed by atoms with van der Waals surface area (Å²) < 4.78 is 26.9. The third kappa shape index (κ3) is 8.71. The second-order valence-electron chi connectivity index (χ2n) is 9.87. The van der Waals surface area contributed by atoms with E-state index in [-0.39, 0.29) is 24.9 Å². The fourth-order valence-electron chi connectivity index (χ4n) is 4.28. The predicted molar refractivity (Wildman–Crippen MR) is 162 cm³/mol. The van der Waals surface area contributed by atoms with Gasteiger partial charge in [0.25, 0.3) is 0 Å². The Morgan fingerprint density at radius 3 is 2.12 bits per heavy atom. The van der Waals surface area contributed by atoms with Gasteiger partial charge >= 0.3 is 0 Å². The summed E-state index contributed by atoms with van der Waals surface area (Å²) in [6.45, 7) is 5.19. The van der Waals surface area contributed by atoms with Crippen molar-refractivity contribution in [2.75, 3.05) is 17.1 Å². The number of amides is 2. The highest BCUT2D eigenvalue weighted by Crippen LogP contribution is 2.26. The van der Waals surface area contributed by atoms with E-state index in [1.165, 1.54) is 4.90 Å². The minimum Gasteiger partial charge on any atom is -0.352 e. The van der Waals surface area contributed by atoms with Gasteiger partial charge < -0.3 is 10.2 Å². The van der Waals surface area contributed by atoms with E-state index in [9.17, 15) is 18.0 Å². The van der Waals surface area contributed by atoms with Gasteiger partial charge in [0.1, 0.15) is 12.6 Å². The van der Waals surface area contributed by atoms with Crippen molar-refractivity contribution in [1.82, 2.24) is 10.2 Å². The first kappa shape index (κ1) is 31.5. The molecule has 3 rings (SSSR count). The summed E-state index contributed by atoms with van der Waals surface area (Å²) in [5.41, 5.74) is 2.57. The van der Waals surface area contributed by atoms with Crippen LogP contribution in [0.1, 0.15) is 37.0 Å². The predicted octanol–water partition coefficient (Wildman–Crippen LogP) is 5.62. The number of benzene rings is 3. The van der Waals surface area contributed by atoms with Gasteiger partial charge in [-0.2, -0.15) is 0 Å². The molecule has 0 fully saturated rings. The molecule has 2 amide bonds. The summed E-state index contributed by atoms with van der Waals surface area (Å²) >= 11 is 12.2. The smallest absolute Gasteiger partial charge is 0.244 e. The highest BCUT2D eigenvalue weighted by molar-refractivity contribution is 7.92. The van der Waals surface area contributed by atoms with Gasteiger partial charge in [-0.05, 0) is 67.3 Å². The molecule has 0 aliphatic rings. The Kier molecular flexibility index (Phi) is 11.0. The molecular weight excluding hydrogens is 569 g/mol. The van der Waals surface area contributed by atoms with Crippen LogP contribution in [-0.2, 0) is 32.6 Å². The number of halogens is 2. The summed E-state index contributed by atoms with van der Waals surface area (Å²) in [6.07, 6.45) is 2.02. The number of carbonyl (C=O) groups is 2. The Bertz CT molecular complexity index is 1420. The van der Waals surface area contributed by atoms with Crippen molar-refractivity contribution >= 4 is 50.7 Å². The number of hydrogen-bond donors (Lipinski definition) is 1. The van der Waals surface area contributed by atoms with Crippen molar-refractivity contribution in [3.05, 3.63) is 99.5 Å². The van der Waals surface area contributed by atoms with Gasteiger partial charge in [0.2, 0.25) is 21.8 Å². The summed E-state index contributed by atoms with van der Waals surface area (Å²) in [7, 11) is -3.86. The van der Waals surface area contributed by atoms with Crippen molar-refractivity contribution in [1.29, 1.82) is 0 Å². The zero-order chi connectivity index (χ0) is 29.4. The maximum atomic E-state index is 14.1. The van der Waals surface area contributed by atoms with Crippen molar-refractivity contribution < 1.29 is 18.0 Å². The van der Waals surface area contributed by atoms with Gasteiger partial charge in [0.05, 0.1) is 11.9 Å². The third-order valence-corrected chi connectivity index (χ3v) is 8.26. The van der Waals surface area contributed by atoms with Crippen molar-refractivity contribution in [3.8, 4) is 0 Å². The van der Waals surface area contributed by atoms with Gasteiger partial charge in [-0.25, -0.2) is 8.42 Å². The van der Waals surface area contributed by atoms with E-state index in [0.717, 1.165) is 21.7 Å². The zero-order valence-corrected chi connectivity index (χ0v) is 25.4. The fraction of sp³-hybridized carbons (Fsp3) is 0.333. The molecule has 0 saturated heterocycles. The first-order valence-electron chi connectivity index (χ1n) is 13.0. The molecule has 40 heavy (non-hydrogen) atoms. The quantitative estimate of drug-likeness (QED) is 0.291. The van der Waals surface area contributed by atoms with E-state index >= 15 is 0 Å². The van der Waals surface area contributed by atoms with Crippen LogP contribution in [0.4, 0.5) is 5.69 Å². The van der Waals surface area contributed by atoms with Gasteiger partial charge in [-0.3, -0.25) is 13.9 Å². The van der Waals surface area contributed by atoms with Crippen LogP contribution < -0.4 is 9.62 Å². The standard InChI is InChI=1S/C30H35Cl2N3O4S/c1-5-22(3)33-30(37)28(18-23-9-7-6-8-10-23)34(19-24-11-13-25(31)14-12-24)29(36)20-35(40(4,38)39)27-16-15-26(32)17-21(27)2/h6-17,22,28H,5,18-20H2,1-4H3,(H,33,37)/t22-,28-/m1/s1. The summed E-state index contributed by atoms with van der Waals surface area (Å²) in [4.78, 5) is 29.2. The van der Waals surface area contributed by atoms with Crippen LogP contribution in [0.15, 0.2) is 72.8 Å². The molecule has 0 aliphatic heterocycles. The molecule has 2 atom stereocenters. The van der Waals surface area contributed by atoms with Crippen LogP contribution in [0.3, 0.4) is 0 Å². The highest BCUT2D eigenvalue weighted by atomic mass is 35.5. The van der Waals surface area contributed by atoms with E-state index in [1.54, 1.807) is 49.4 Å². The molecule has 0 unspecified atom stereocenters. The lowest BCUT2D eigenvalue weighted by Gasteiger charge is -2.34. The number of nitrogens with one attached hydrogen (secondary N) is 1. The molecular formula is C30H35Cl2N3O4S. The van der Waals surface area contributed by atoms with Crippen LogP contribution in [0.5, 0.6) is 0 Å². The van der Waals surface area contributed by atoms with Crippen LogP contribution in [0, 0.1) is 6.92 Å². The highest BCUT2D eigenvalue weighted by Gasteiger charge is 2.33. The lowest BCUT2D eigenvalue weighted by molar-refractivity contribution is -0.140. The molecule has 3 aromatic rings. The molecule has 3 aromatic carbocycles. The van der Waals surface area contributed by atoms with E-state index in [0.29, 0.717) is 27.7 Å². The van der Waals surface area contributed by atoms with Gasteiger partial charge in [-0.15, -0.1) is 0 Å². The maximum absolute atomic E-state index is 14.1. The summed E-state index contributed by atoms with van der Waals surface area (Å²) in [5.74, 6) is -0.830. The van der Waals surface area contributed by atoms with Crippen molar-refractivity contribution in [2.24, 2.45) is 0 Å². The topological polar surface area (TPSA) is 86.8 Å². The van der Waals surface area contributed by atoms with Crippen molar-refractivity contribution in [3.63, 3.8) is 0 Å². The molecule has 0 aromatic heterocycles. The normalized spacial score (nSPS) is 12.8. The summed E-state index contributed by atoms with van der Waals surface area (Å²) in [6, 6.07) is 20.2. The molecule has 0 bridgehead atoms. The molecule has 0 aliphatic carbocycles. The molecule has 0 saturated carbocycles. The second-order valence-corrected chi connectivity index (χ2v) is 12.7. The van der Waals surface area contributed by atoms with Gasteiger partial charge in [0, 0.05) is 29.1 Å². The number of aryl methyl sites for hydroxylation is 1. The lowest BCUT2D eigenvalue weighted by atomic mass is 10.0. The molecule has 10 heteroatoms. The number of nitrogens with zero attached hydrogens (tertiary/aromatic N) is 2. The number of hydrogen-bond acceptors (Lipinski definition) is 4. The minimum absolute atomic E-state index is 0.0820. The van der Waals surface area contributed by atoms with Crippen LogP contribution in [-0.4, -0.2) is 50.0 Å². The molecule has 0 heterocycles. The average molecular weight is 605 g/mol. The average Bonchev–Trinajstić information content (AvgIpc) is 2.90. The molecule has 7 nitrogen and oxygen atoms in total. The van der Waals surface area contributed by atoms with E-state index in [4.69, 9.17) is 23.2 Å². The number of anilines is 1. The molecule has 0 spiro atoms.